The molecule has 2 aromatic rings. The lowest BCUT2D eigenvalue weighted by molar-refractivity contribution is 0.413. The summed E-state index contributed by atoms with van der Waals surface area (Å²) in [7, 11) is 1.69. The van der Waals surface area contributed by atoms with Gasteiger partial charge in [-0.2, -0.15) is 0 Å². The van der Waals surface area contributed by atoms with Crippen LogP contribution < -0.4 is 10.1 Å². The van der Waals surface area contributed by atoms with Gasteiger partial charge in [-0.15, -0.1) is 0 Å². The van der Waals surface area contributed by atoms with Crippen molar-refractivity contribution in [2.24, 2.45) is 0 Å². The smallest absolute Gasteiger partial charge is 0.119 e. The van der Waals surface area contributed by atoms with Crippen LogP contribution in [0.15, 0.2) is 42.6 Å². The average molecular weight is 256 g/mol. The Bertz CT molecular complexity index is 540. The first kappa shape index (κ1) is 13.6. The quantitative estimate of drug-likeness (QED) is 0.891. The third-order valence-corrected chi connectivity index (χ3v) is 3.29. The SMILES string of the molecule is COc1cccc(C(C)NCc2ncccc2C)c1. The van der Waals surface area contributed by atoms with Crippen LogP contribution in [0.4, 0.5) is 0 Å². The zero-order valence-corrected chi connectivity index (χ0v) is 11.7. The molecular formula is C16H20N2O. The standard InChI is InChI=1S/C16H20N2O/c1-12-6-5-9-17-16(12)11-18-13(2)14-7-4-8-15(10-14)19-3/h4-10,13,18H,11H2,1-3H3. The van der Waals surface area contributed by atoms with Crippen molar-refractivity contribution in [3.05, 3.63) is 59.4 Å². The third-order valence-electron chi connectivity index (χ3n) is 3.29. The number of pyridine rings is 1. The molecule has 2 rings (SSSR count). The van der Waals surface area contributed by atoms with E-state index in [0.29, 0.717) is 0 Å². The number of rotatable bonds is 5. The van der Waals surface area contributed by atoms with Crippen molar-refractivity contribution < 1.29 is 4.74 Å². The highest BCUT2D eigenvalue weighted by molar-refractivity contribution is 5.30. The number of hydrogen-bond donors (Lipinski definition) is 1. The molecule has 1 heterocycles. The molecule has 0 radical (unpaired) electrons. The Morgan fingerprint density at radius 3 is 2.84 bits per heavy atom. The van der Waals surface area contributed by atoms with Gasteiger partial charge in [0.25, 0.3) is 0 Å². The molecular weight excluding hydrogens is 236 g/mol. The topological polar surface area (TPSA) is 34.1 Å². The molecule has 0 spiro atoms. The number of aromatic nitrogens is 1. The molecule has 1 aromatic carbocycles. The Hall–Kier alpha value is -1.87. The highest BCUT2D eigenvalue weighted by Gasteiger charge is 2.07. The predicted octanol–water partition coefficient (Wildman–Crippen LogP) is 3.25. The van der Waals surface area contributed by atoms with E-state index in [0.717, 1.165) is 18.0 Å². The average Bonchev–Trinajstić information content (AvgIpc) is 2.46. The fraction of sp³-hybridized carbons (Fsp3) is 0.312. The highest BCUT2D eigenvalue weighted by Crippen LogP contribution is 2.19. The number of nitrogens with zero attached hydrogens (tertiary/aromatic N) is 1. The van der Waals surface area contributed by atoms with Gasteiger partial charge in [0.1, 0.15) is 5.75 Å². The first-order valence-electron chi connectivity index (χ1n) is 6.48. The van der Waals surface area contributed by atoms with Crippen LogP contribution in [-0.4, -0.2) is 12.1 Å². The zero-order chi connectivity index (χ0) is 13.7. The largest absolute Gasteiger partial charge is 0.497 e. The lowest BCUT2D eigenvalue weighted by Gasteiger charge is -2.15. The number of benzene rings is 1. The van der Waals surface area contributed by atoms with Crippen LogP contribution in [0.1, 0.15) is 29.8 Å². The van der Waals surface area contributed by atoms with Crippen LogP contribution in [-0.2, 0) is 6.54 Å². The van der Waals surface area contributed by atoms with Gasteiger partial charge in [0.15, 0.2) is 0 Å². The van der Waals surface area contributed by atoms with Crippen LogP contribution in [0, 0.1) is 6.92 Å². The van der Waals surface area contributed by atoms with E-state index in [-0.39, 0.29) is 6.04 Å². The summed E-state index contributed by atoms with van der Waals surface area (Å²) in [5, 5.41) is 3.49. The Kier molecular flexibility index (Phi) is 4.53. The summed E-state index contributed by atoms with van der Waals surface area (Å²) in [6.45, 7) is 5.00. The summed E-state index contributed by atoms with van der Waals surface area (Å²) in [6, 6.07) is 12.4. The summed E-state index contributed by atoms with van der Waals surface area (Å²) >= 11 is 0. The Balaban J connectivity index is 2.01. The normalized spacial score (nSPS) is 12.2. The lowest BCUT2D eigenvalue weighted by Crippen LogP contribution is -2.19. The molecule has 0 amide bonds. The molecule has 3 nitrogen and oxygen atoms in total. The van der Waals surface area contributed by atoms with Crippen molar-refractivity contribution in [2.75, 3.05) is 7.11 Å². The van der Waals surface area contributed by atoms with Gasteiger partial charge in [-0.1, -0.05) is 18.2 Å². The predicted molar refractivity (Wildman–Crippen MR) is 77.2 cm³/mol. The van der Waals surface area contributed by atoms with Crippen molar-refractivity contribution in [3.8, 4) is 5.75 Å². The van der Waals surface area contributed by atoms with E-state index in [1.807, 2.05) is 24.4 Å². The first-order valence-corrected chi connectivity index (χ1v) is 6.48. The van der Waals surface area contributed by atoms with Gasteiger partial charge in [0.05, 0.1) is 12.8 Å². The van der Waals surface area contributed by atoms with Gasteiger partial charge >= 0.3 is 0 Å². The summed E-state index contributed by atoms with van der Waals surface area (Å²) in [5.74, 6) is 0.889. The summed E-state index contributed by atoms with van der Waals surface area (Å²) in [6.07, 6.45) is 1.83. The van der Waals surface area contributed by atoms with Gasteiger partial charge in [-0.05, 0) is 43.2 Å². The molecule has 0 aliphatic carbocycles. The van der Waals surface area contributed by atoms with E-state index < -0.39 is 0 Å². The monoisotopic (exact) mass is 256 g/mol. The van der Waals surface area contributed by atoms with E-state index in [4.69, 9.17) is 4.74 Å². The van der Waals surface area contributed by atoms with Gasteiger partial charge in [-0.25, -0.2) is 0 Å². The second-order valence-electron chi connectivity index (χ2n) is 4.65. The summed E-state index contributed by atoms with van der Waals surface area (Å²) < 4.78 is 5.25. The number of ether oxygens (including phenoxy) is 1. The zero-order valence-electron chi connectivity index (χ0n) is 11.7. The van der Waals surface area contributed by atoms with E-state index >= 15 is 0 Å². The number of aryl methyl sites for hydroxylation is 1. The second-order valence-corrected chi connectivity index (χ2v) is 4.65. The summed E-state index contributed by atoms with van der Waals surface area (Å²) in [5.41, 5.74) is 3.53. The Labute approximate surface area is 114 Å². The van der Waals surface area contributed by atoms with E-state index in [1.54, 1.807) is 7.11 Å². The van der Waals surface area contributed by atoms with Crippen LogP contribution in [0.25, 0.3) is 0 Å². The maximum absolute atomic E-state index is 5.25. The molecule has 0 aliphatic heterocycles. The molecule has 3 heteroatoms. The minimum atomic E-state index is 0.261. The van der Waals surface area contributed by atoms with Gasteiger partial charge in [-0.3, -0.25) is 4.98 Å². The molecule has 1 aromatic heterocycles. The van der Waals surface area contributed by atoms with E-state index in [1.165, 1.54) is 11.1 Å². The van der Waals surface area contributed by atoms with Gasteiger partial charge in [0, 0.05) is 18.8 Å². The van der Waals surface area contributed by atoms with Crippen LogP contribution in [0.2, 0.25) is 0 Å². The molecule has 0 saturated carbocycles. The first-order chi connectivity index (χ1) is 9.20. The molecule has 0 saturated heterocycles. The van der Waals surface area contributed by atoms with Crippen molar-refractivity contribution in [2.45, 2.75) is 26.4 Å². The molecule has 1 unspecified atom stereocenters. The van der Waals surface area contributed by atoms with E-state index in [9.17, 15) is 0 Å². The molecule has 19 heavy (non-hydrogen) atoms. The molecule has 0 fully saturated rings. The third kappa shape index (κ3) is 3.55. The van der Waals surface area contributed by atoms with Gasteiger partial charge in [0.2, 0.25) is 0 Å². The van der Waals surface area contributed by atoms with Crippen LogP contribution in [0.5, 0.6) is 5.75 Å². The Morgan fingerprint density at radius 2 is 2.11 bits per heavy atom. The molecule has 100 valence electrons. The number of methoxy groups -OCH3 is 1. The highest BCUT2D eigenvalue weighted by atomic mass is 16.5. The maximum Gasteiger partial charge on any atom is 0.119 e. The molecule has 1 atom stereocenters. The Morgan fingerprint density at radius 1 is 1.26 bits per heavy atom. The fourth-order valence-electron chi connectivity index (χ4n) is 1.98. The lowest BCUT2D eigenvalue weighted by atomic mass is 10.1. The minimum Gasteiger partial charge on any atom is -0.497 e. The van der Waals surface area contributed by atoms with Crippen LogP contribution in [0.3, 0.4) is 0 Å². The van der Waals surface area contributed by atoms with Gasteiger partial charge < -0.3 is 10.1 Å². The fourth-order valence-corrected chi connectivity index (χ4v) is 1.98. The number of nitrogens with one attached hydrogen (secondary N) is 1. The van der Waals surface area contributed by atoms with Crippen LogP contribution >= 0.6 is 0 Å². The van der Waals surface area contributed by atoms with Crippen molar-refractivity contribution in [1.29, 1.82) is 0 Å². The molecule has 1 N–H and O–H groups in total. The molecule has 0 aliphatic rings. The summed E-state index contributed by atoms with van der Waals surface area (Å²) in [4.78, 5) is 4.39. The maximum atomic E-state index is 5.25. The van der Waals surface area contributed by atoms with Crippen molar-refractivity contribution >= 4 is 0 Å². The second kappa shape index (κ2) is 6.34. The van der Waals surface area contributed by atoms with E-state index in [2.05, 4.69) is 42.3 Å². The van der Waals surface area contributed by atoms with Crippen molar-refractivity contribution in [1.82, 2.24) is 10.3 Å². The molecule has 0 bridgehead atoms. The number of hydrogen-bond acceptors (Lipinski definition) is 3. The minimum absolute atomic E-state index is 0.261. The van der Waals surface area contributed by atoms with Crippen molar-refractivity contribution in [3.63, 3.8) is 0 Å².